The highest BCUT2D eigenvalue weighted by atomic mass is 16.1. The summed E-state index contributed by atoms with van der Waals surface area (Å²) in [7, 11) is 0. The smallest absolute Gasteiger partial charge is 0.232 e. The Bertz CT molecular complexity index is 388. The Labute approximate surface area is 79.9 Å². The predicted molar refractivity (Wildman–Crippen MR) is 47.5 cm³/mol. The van der Waals surface area contributed by atoms with Crippen molar-refractivity contribution in [3.8, 4) is 0 Å². The summed E-state index contributed by atoms with van der Waals surface area (Å²) in [6.07, 6.45) is 8.74. The molecule has 0 saturated carbocycles. The molecule has 0 aliphatic heterocycles. The van der Waals surface area contributed by atoms with Crippen LogP contribution in [-0.2, 0) is 0 Å². The van der Waals surface area contributed by atoms with Gasteiger partial charge >= 0.3 is 0 Å². The van der Waals surface area contributed by atoms with E-state index in [2.05, 4.69) is 19.9 Å². The van der Waals surface area contributed by atoms with Crippen LogP contribution in [0.2, 0.25) is 0 Å². The molecule has 0 aromatic carbocycles. The van der Waals surface area contributed by atoms with E-state index in [-0.39, 0.29) is 17.2 Å². The van der Waals surface area contributed by atoms with E-state index in [1.165, 1.54) is 37.2 Å². The van der Waals surface area contributed by atoms with Crippen molar-refractivity contribution in [1.29, 1.82) is 0 Å². The van der Waals surface area contributed by atoms with Gasteiger partial charge in [-0.3, -0.25) is 14.8 Å². The van der Waals surface area contributed by atoms with Gasteiger partial charge < -0.3 is 0 Å². The molecule has 5 heteroatoms. The second-order valence-corrected chi connectivity index (χ2v) is 2.51. The van der Waals surface area contributed by atoms with Gasteiger partial charge in [-0.15, -0.1) is 0 Å². The Hall–Kier alpha value is -2.17. The van der Waals surface area contributed by atoms with E-state index < -0.39 is 0 Å². The number of hydrogen-bond acceptors (Lipinski definition) is 5. The standard InChI is InChI=1S/C9H6N4O/c14-9(7-5-10-1-3-12-7)8-6-11-2-4-13-8/h1-6H. The summed E-state index contributed by atoms with van der Waals surface area (Å²) < 4.78 is 0. The summed E-state index contributed by atoms with van der Waals surface area (Å²) in [6.45, 7) is 0. The van der Waals surface area contributed by atoms with Crippen molar-refractivity contribution in [2.24, 2.45) is 0 Å². The average molecular weight is 186 g/mol. The summed E-state index contributed by atoms with van der Waals surface area (Å²) in [5.74, 6) is -0.272. The largest absolute Gasteiger partial charge is 0.285 e. The van der Waals surface area contributed by atoms with Crippen LogP contribution in [0.3, 0.4) is 0 Å². The van der Waals surface area contributed by atoms with E-state index in [0.29, 0.717) is 0 Å². The summed E-state index contributed by atoms with van der Waals surface area (Å²) in [5, 5.41) is 0. The van der Waals surface area contributed by atoms with Crippen LogP contribution in [0.4, 0.5) is 0 Å². The Morgan fingerprint density at radius 1 is 0.857 bits per heavy atom. The van der Waals surface area contributed by atoms with E-state index >= 15 is 0 Å². The molecule has 0 amide bonds. The number of ketones is 1. The number of rotatable bonds is 2. The van der Waals surface area contributed by atoms with E-state index in [1.54, 1.807) is 0 Å². The molecule has 5 nitrogen and oxygen atoms in total. The van der Waals surface area contributed by atoms with Crippen LogP contribution < -0.4 is 0 Å². The van der Waals surface area contributed by atoms with E-state index in [0.717, 1.165) is 0 Å². The number of nitrogens with zero attached hydrogens (tertiary/aromatic N) is 4. The highest BCUT2D eigenvalue weighted by Crippen LogP contribution is 2.00. The van der Waals surface area contributed by atoms with Gasteiger partial charge in [-0.05, 0) is 0 Å². The first-order valence-electron chi connectivity index (χ1n) is 3.94. The summed E-state index contributed by atoms with van der Waals surface area (Å²) >= 11 is 0. The van der Waals surface area contributed by atoms with Gasteiger partial charge in [-0.2, -0.15) is 0 Å². The lowest BCUT2D eigenvalue weighted by Crippen LogP contribution is -2.06. The molecule has 2 rings (SSSR count). The SMILES string of the molecule is O=C(c1cnccn1)c1cnccn1. The Balaban J connectivity index is 2.35. The van der Waals surface area contributed by atoms with Crippen LogP contribution in [0.5, 0.6) is 0 Å². The summed E-state index contributed by atoms with van der Waals surface area (Å²) in [4.78, 5) is 27.0. The van der Waals surface area contributed by atoms with Gasteiger partial charge in [0.05, 0.1) is 12.4 Å². The van der Waals surface area contributed by atoms with Gasteiger partial charge in [0.15, 0.2) is 0 Å². The Morgan fingerprint density at radius 3 is 1.71 bits per heavy atom. The molecule has 0 aliphatic rings. The van der Waals surface area contributed by atoms with E-state index in [9.17, 15) is 4.79 Å². The molecular weight excluding hydrogens is 180 g/mol. The zero-order valence-electron chi connectivity index (χ0n) is 7.16. The van der Waals surface area contributed by atoms with Crippen molar-refractivity contribution in [2.45, 2.75) is 0 Å². The number of aromatic nitrogens is 4. The fourth-order valence-electron chi connectivity index (χ4n) is 0.964. The molecular formula is C9H6N4O. The average Bonchev–Trinajstić information content (AvgIpc) is 2.30. The summed E-state index contributed by atoms with van der Waals surface area (Å²) in [6, 6.07) is 0. The molecule has 68 valence electrons. The molecule has 0 spiro atoms. The minimum atomic E-state index is -0.272. The lowest BCUT2D eigenvalue weighted by molar-refractivity contribution is 0.102. The Morgan fingerprint density at radius 2 is 1.36 bits per heavy atom. The quantitative estimate of drug-likeness (QED) is 0.638. The molecule has 0 aliphatic carbocycles. The van der Waals surface area contributed by atoms with Crippen LogP contribution in [-0.4, -0.2) is 25.7 Å². The third-order valence-corrected chi connectivity index (χ3v) is 1.59. The van der Waals surface area contributed by atoms with Gasteiger partial charge in [0.25, 0.3) is 0 Å². The van der Waals surface area contributed by atoms with Crippen LogP contribution in [0.25, 0.3) is 0 Å². The van der Waals surface area contributed by atoms with Crippen molar-refractivity contribution in [3.05, 3.63) is 48.6 Å². The van der Waals surface area contributed by atoms with Crippen molar-refractivity contribution in [2.75, 3.05) is 0 Å². The molecule has 0 fully saturated rings. The lowest BCUT2D eigenvalue weighted by Gasteiger charge is -1.96. The first-order valence-corrected chi connectivity index (χ1v) is 3.94. The van der Waals surface area contributed by atoms with Gasteiger partial charge in [0.2, 0.25) is 5.78 Å². The second kappa shape index (κ2) is 3.69. The third-order valence-electron chi connectivity index (χ3n) is 1.59. The molecule has 0 radical (unpaired) electrons. The maximum atomic E-state index is 11.6. The minimum absolute atomic E-state index is 0.271. The molecule has 0 saturated heterocycles. The summed E-state index contributed by atoms with van der Waals surface area (Å²) in [5.41, 5.74) is 0.543. The highest BCUT2D eigenvalue weighted by Gasteiger charge is 2.10. The van der Waals surface area contributed by atoms with Crippen LogP contribution >= 0.6 is 0 Å². The second-order valence-electron chi connectivity index (χ2n) is 2.51. The molecule has 2 aromatic heterocycles. The van der Waals surface area contributed by atoms with Gasteiger partial charge in [-0.25, -0.2) is 9.97 Å². The normalized spacial score (nSPS) is 9.71. The molecule has 0 unspecified atom stereocenters. The molecule has 0 atom stereocenters. The molecule has 2 heterocycles. The molecule has 2 aromatic rings. The Kier molecular flexibility index (Phi) is 2.22. The monoisotopic (exact) mass is 186 g/mol. The fourth-order valence-corrected chi connectivity index (χ4v) is 0.964. The predicted octanol–water partition coefficient (Wildman–Crippen LogP) is 0.498. The maximum Gasteiger partial charge on any atom is 0.232 e. The van der Waals surface area contributed by atoms with Crippen LogP contribution in [0.1, 0.15) is 16.2 Å². The van der Waals surface area contributed by atoms with Gasteiger partial charge in [0, 0.05) is 24.8 Å². The fraction of sp³-hybridized carbons (Fsp3) is 0. The zero-order valence-corrected chi connectivity index (χ0v) is 7.16. The first kappa shape index (κ1) is 8.43. The lowest BCUT2D eigenvalue weighted by atomic mass is 10.2. The molecule has 14 heavy (non-hydrogen) atoms. The number of hydrogen-bond donors (Lipinski definition) is 0. The van der Waals surface area contributed by atoms with Crippen molar-refractivity contribution in [3.63, 3.8) is 0 Å². The zero-order chi connectivity index (χ0) is 9.80. The van der Waals surface area contributed by atoms with Gasteiger partial charge in [0.1, 0.15) is 11.4 Å². The molecule has 0 bridgehead atoms. The van der Waals surface area contributed by atoms with Crippen LogP contribution in [0, 0.1) is 0 Å². The van der Waals surface area contributed by atoms with E-state index in [4.69, 9.17) is 0 Å². The minimum Gasteiger partial charge on any atom is -0.285 e. The number of carbonyl (C=O) groups excluding carboxylic acids is 1. The topological polar surface area (TPSA) is 68.6 Å². The van der Waals surface area contributed by atoms with Crippen LogP contribution in [0.15, 0.2) is 37.2 Å². The van der Waals surface area contributed by atoms with Crippen molar-refractivity contribution >= 4 is 5.78 Å². The first-order chi connectivity index (χ1) is 6.88. The third kappa shape index (κ3) is 1.61. The van der Waals surface area contributed by atoms with Crippen molar-refractivity contribution < 1.29 is 4.79 Å². The number of carbonyl (C=O) groups is 1. The van der Waals surface area contributed by atoms with Crippen molar-refractivity contribution in [1.82, 2.24) is 19.9 Å². The van der Waals surface area contributed by atoms with Gasteiger partial charge in [-0.1, -0.05) is 0 Å². The molecule has 0 N–H and O–H groups in total. The maximum absolute atomic E-state index is 11.6. The highest BCUT2D eigenvalue weighted by molar-refractivity contribution is 6.05. The van der Waals surface area contributed by atoms with E-state index in [1.807, 2.05) is 0 Å².